The standard InChI is InChI=1S/C5H11F2NO3S/c1-12(9,10)8-2-3-11-4-5(6)7/h5,8H,2-4H2,1H3. The molecule has 7 heteroatoms. The predicted octanol–water partition coefficient (Wildman–Crippen LogP) is -0.183. The Balaban J connectivity index is 3.23. The first-order chi connectivity index (χ1) is 5.42. The SMILES string of the molecule is CS(=O)(=O)NCCOCC(F)F. The van der Waals surface area contributed by atoms with Gasteiger partial charge in [0.1, 0.15) is 6.61 Å². The van der Waals surface area contributed by atoms with Gasteiger partial charge >= 0.3 is 0 Å². The summed E-state index contributed by atoms with van der Waals surface area (Å²) in [6, 6.07) is 0. The molecule has 74 valence electrons. The Morgan fingerprint density at radius 3 is 2.50 bits per heavy atom. The molecule has 4 nitrogen and oxygen atoms in total. The quantitative estimate of drug-likeness (QED) is 0.609. The van der Waals surface area contributed by atoms with Crippen molar-refractivity contribution in [2.45, 2.75) is 6.43 Å². The Labute approximate surface area is 70.0 Å². The summed E-state index contributed by atoms with van der Waals surface area (Å²) < 4.78 is 50.2. The summed E-state index contributed by atoms with van der Waals surface area (Å²) in [7, 11) is -3.24. The molecule has 0 bridgehead atoms. The van der Waals surface area contributed by atoms with Crippen LogP contribution in [0, 0.1) is 0 Å². The highest BCUT2D eigenvalue weighted by Crippen LogP contribution is 1.91. The van der Waals surface area contributed by atoms with E-state index in [-0.39, 0.29) is 13.2 Å². The zero-order valence-electron chi connectivity index (χ0n) is 6.59. The van der Waals surface area contributed by atoms with E-state index in [1.165, 1.54) is 0 Å². The zero-order valence-corrected chi connectivity index (χ0v) is 7.40. The van der Waals surface area contributed by atoms with E-state index in [2.05, 4.69) is 9.46 Å². The van der Waals surface area contributed by atoms with Crippen LogP contribution in [0.3, 0.4) is 0 Å². The van der Waals surface area contributed by atoms with Gasteiger partial charge < -0.3 is 4.74 Å². The molecule has 0 aromatic carbocycles. The largest absolute Gasteiger partial charge is 0.374 e. The van der Waals surface area contributed by atoms with Gasteiger partial charge in [-0.3, -0.25) is 0 Å². The molecule has 0 atom stereocenters. The maximum Gasteiger partial charge on any atom is 0.261 e. The maximum absolute atomic E-state index is 11.4. The summed E-state index contributed by atoms with van der Waals surface area (Å²) in [5.41, 5.74) is 0. The van der Waals surface area contributed by atoms with Gasteiger partial charge in [0, 0.05) is 6.54 Å². The van der Waals surface area contributed by atoms with Crippen LogP contribution in [-0.2, 0) is 14.8 Å². The highest BCUT2D eigenvalue weighted by Gasteiger charge is 2.02. The van der Waals surface area contributed by atoms with E-state index in [0.717, 1.165) is 6.26 Å². The molecule has 0 spiro atoms. The van der Waals surface area contributed by atoms with E-state index in [4.69, 9.17) is 0 Å². The van der Waals surface area contributed by atoms with E-state index >= 15 is 0 Å². The van der Waals surface area contributed by atoms with Gasteiger partial charge in [-0.25, -0.2) is 21.9 Å². The minimum absolute atomic E-state index is 0.0194. The lowest BCUT2D eigenvalue weighted by Crippen LogP contribution is -2.26. The van der Waals surface area contributed by atoms with Gasteiger partial charge in [0.25, 0.3) is 6.43 Å². The molecule has 0 aliphatic heterocycles. The lowest BCUT2D eigenvalue weighted by atomic mass is 10.7. The summed E-state index contributed by atoms with van der Waals surface area (Å²) in [6.45, 7) is -0.686. The molecule has 0 aromatic rings. The molecule has 1 N–H and O–H groups in total. The van der Waals surface area contributed by atoms with Crippen molar-refractivity contribution in [2.75, 3.05) is 26.0 Å². The molecule has 0 aliphatic rings. The highest BCUT2D eigenvalue weighted by atomic mass is 32.2. The van der Waals surface area contributed by atoms with Crippen molar-refractivity contribution in [3.63, 3.8) is 0 Å². The summed E-state index contributed by atoms with van der Waals surface area (Å²) >= 11 is 0. The second-order valence-electron chi connectivity index (χ2n) is 2.13. The zero-order chi connectivity index (χ0) is 9.61. The third-order valence-corrected chi connectivity index (χ3v) is 1.58. The summed E-state index contributed by atoms with van der Waals surface area (Å²) in [5, 5.41) is 0. The summed E-state index contributed by atoms with van der Waals surface area (Å²) in [6.07, 6.45) is -1.52. The third kappa shape index (κ3) is 9.73. The van der Waals surface area contributed by atoms with E-state index in [1.807, 2.05) is 0 Å². The smallest absolute Gasteiger partial charge is 0.261 e. The first kappa shape index (κ1) is 11.7. The fourth-order valence-corrected chi connectivity index (χ4v) is 0.926. The van der Waals surface area contributed by atoms with Crippen LogP contribution in [0.25, 0.3) is 0 Å². The number of sulfonamides is 1. The number of nitrogens with one attached hydrogen (secondary N) is 1. The van der Waals surface area contributed by atoms with Crippen LogP contribution >= 0.6 is 0 Å². The molecule has 0 fully saturated rings. The van der Waals surface area contributed by atoms with E-state index < -0.39 is 23.1 Å². The maximum atomic E-state index is 11.4. The topological polar surface area (TPSA) is 55.4 Å². The van der Waals surface area contributed by atoms with Crippen LogP contribution in [0.15, 0.2) is 0 Å². The van der Waals surface area contributed by atoms with Gasteiger partial charge in [-0.2, -0.15) is 0 Å². The molecule has 12 heavy (non-hydrogen) atoms. The van der Waals surface area contributed by atoms with Gasteiger partial charge in [0.05, 0.1) is 12.9 Å². The van der Waals surface area contributed by atoms with Crippen molar-refractivity contribution in [1.29, 1.82) is 0 Å². The van der Waals surface area contributed by atoms with Crippen LogP contribution in [0.5, 0.6) is 0 Å². The van der Waals surface area contributed by atoms with Crippen LogP contribution < -0.4 is 4.72 Å². The van der Waals surface area contributed by atoms with Gasteiger partial charge in [-0.1, -0.05) is 0 Å². The number of rotatable bonds is 6. The third-order valence-electron chi connectivity index (χ3n) is 0.854. The number of hydrogen-bond acceptors (Lipinski definition) is 3. The van der Waals surface area contributed by atoms with E-state index in [9.17, 15) is 17.2 Å². The van der Waals surface area contributed by atoms with Gasteiger partial charge in [0.15, 0.2) is 0 Å². The number of halogens is 2. The normalized spacial score (nSPS) is 12.3. The number of hydrogen-bond donors (Lipinski definition) is 1. The molecule has 0 rings (SSSR count). The van der Waals surface area contributed by atoms with Gasteiger partial charge in [0.2, 0.25) is 10.0 Å². The second kappa shape index (κ2) is 5.39. The highest BCUT2D eigenvalue weighted by molar-refractivity contribution is 7.88. The Bertz CT molecular complexity index is 205. The lowest BCUT2D eigenvalue weighted by Gasteiger charge is -2.03. The summed E-state index contributed by atoms with van der Waals surface area (Å²) in [5.74, 6) is 0. The molecule has 0 aliphatic carbocycles. The minimum Gasteiger partial charge on any atom is -0.374 e. The van der Waals surface area contributed by atoms with Crippen molar-refractivity contribution in [2.24, 2.45) is 0 Å². The van der Waals surface area contributed by atoms with Crippen molar-refractivity contribution >= 4 is 10.0 Å². The fourth-order valence-electron chi connectivity index (χ4n) is 0.472. The number of ether oxygens (including phenoxy) is 1. The van der Waals surface area contributed by atoms with Crippen LogP contribution in [0.1, 0.15) is 0 Å². The van der Waals surface area contributed by atoms with Crippen LogP contribution in [0.4, 0.5) is 8.78 Å². The predicted molar refractivity (Wildman–Crippen MR) is 39.7 cm³/mol. The van der Waals surface area contributed by atoms with Gasteiger partial charge in [-0.15, -0.1) is 0 Å². The molecule has 0 amide bonds. The van der Waals surface area contributed by atoms with Crippen molar-refractivity contribution in [1.82, 2.24) is 4.72 Å². The average molecular weight is 203 g/mol. The van der Waals surface area contributed by atoms with Crippen molar-refractivity contribution in [3.8, 4) is 0 Å². The Kier molecular flexibility index (Phi) is 5.27. The number of alkyl halides is 2. The monoisotopic (exact) mass is 203 g/mol. The summed E-state index contributed by atoms with van der Waals surface area (Å²) in [4.78, 5) is 0. The van der Waals surface area contributed by atoms with Crippen molar-refractivity contribution in [3.05, 3.63) is 0 Å². The lowest BCUT2D eigenvalue weighted by molar-refractivity contribution is 0.0199. The van der Waals surface area contributed by atoms with E-state index in [1.54, 1.807) is 0 Å². The second-order valence-corrected chi connectivity index (χ2v) is 3.97. The molecule has 0 aromatic heterocycles. The van der Waals surface area contributed by atoms with Crippen LogP contribution in [0.2, 0.25) is 0 Å². The molecule has 0 unspecified atom stereocenters. The average Bonchev–Trinajstić information content (AvgIpc) is 1.83. The Morgan fingerprint density at radius 2 is 2.08 bits per heavy atom. The molecule has 0 saturated carbocycles. The van der Waals surface area contributed by atoms with E-state index in [0.29, 0.717) is 0 Å². The van der Waals surface area contributed by atoms with Crippen molar-refractivity contribution < 1.29 is 21.9 Å². The molecule has 0 saturated heterocycles. The Morgan fingerprint density at radius 1 is 1.50 bits per heavy atom. The minimum atomic E-state index is -3.24. The molecular weight excluding hydrogens is 192 g/mol. The fraction of sp³-hybridized carbons (Fsp3) is 1.00. The Hall–Kier alpha value is -0.270. The van der Waals surface area contributed by atoms with Gasteiger partial charge in [-0.05, 0) is 0 Å². The van der Waals surface area contributed by atoms with Crippen LogP contribution in [-0.4, -0.2) is 40.9 Å². The first-order valence-electron chi connectivity index (χ1n) is 3.22. The molecule has 0 heterocycles. The molecular formula is C5H11F2NO3S. The first-order valence-corrected chi connectivity index (χ1v) is 5.11. The molecule has 0 radical (unpaired) electrons.